The number of carbonyl (C=O) groups is 2. The Labute approximate surface area is 312 Å². The minimum Gasteiger partial charge on any atom is -0.462 e. The number of hydrogen-bond donors (Lipinski definition) is 2. The van der Waals surface area contributed by atoms with Gasteiger partial charge in [0.05, 0.1) is 0 Å². The maximum absolute atomic E-state index is 12.9. The number of halogens is 2. The molecule has 0 bridgehead atoms. The average Bonchev–Trinajstić information content (AvgIpc) is 3.98. The molecule has 4 unspecified atom stereocenters. The molecular weight excluding hydrogens is 675 g/mol. The number of likely N-dealkylation sites (N-methyl/N-ethyl adjacent to an activating group) is 2. The molecule has 2 aliphatic carbocycles. The number of ether oxygens (including phenoxy) is 2. The third-order valence-electron chi connectivity index (χ3n) is 11.6. The van der Waals surface area contributed by atoms with Crippen LogP contribution in [-0.2, 0) is 30.3 Å². The quantitative estimate of drug-likeness (QED) is 0.225. The average molecular weight is 736 g/mol. The Morgan fingerprint density at radius 1 is 0.600 bits per heavy atom. The number of hydrogen-bond acceptors (Lipinski definition) is 8. The molecule has 4 aliphatic rings. The second-order valence-corrected chi connectivity index (χ2v) is 14.3. The lowest BCUT2D eigenvalue weighted by Crippen LogP contribution is -2.45. The van der Waals surface area contributed by atoms with Crippen molar-refractivity contribution in [1.29, 1.82) is 0 Å². The second kappa shape index (κ2) is 20.1. The Morgan fingerprint density at radius 3 is 1.26 bits per heavy atom. The van der Waals surface area contributed by atoms with Crippen molar-refractivity contribution in [2.24, 2.45) is 11.8 Å². The lowest BCUT2D eigenvalue weighted by atomic mass is 9.80. The zero-order valence-corrected chi connectivity index (χ0v) is 31.7. The van der Waals surface area contributed by atoms with Crippen LogP contribution in [0.4, 0.5) is 0 Å². The molecule has 50 heavy (non-hydrogen) atoms. The third kappa shape index (κ3) is 9.61. The minimum atomic E-state index is -1.51. The van der Waals surface area contributed by atoms with Crippen molar-refractivity contribution >= 4 is 36.8 Å². The molecule has 280 valence electrons. The Bertz CT molecular complexity index is 1190. The molecule has 2 heterocycles. The monoisotopic (exact) mass is 734 g/mol. The van der Waals surface area contributed by atoms with Crippen molar-refractivity contribution in [3.05, 3.63) is 71.8 Å². The largest absolute Gasteiger partial charge is 0.462 e. The van der Waals surface area contributed by atoms with Crippen LogP contribution in [0.1, 0.15) is 102 Å². The van der Waals surface area contributed by atoms with Gasteiger partial charge in [0.1, 0.15) is 13.2 Å². The minimum absolute atomic E-state index is 0. The summed E-state index contributed by atoms with van der Waals surface area (Å²) in [5.74, 6) is -1.02. The van der Waals surface area contributed by atoms with E-state index in [1.54, 1.807) is 0 Å². The summed E-state index contributed by atoms with van der Waals surface area (Å²) in [4.78, 5) is 30.5. The van der Waals surface area contributed by atoms with E-state index in [1.807, 2.05) is 60.7 Å². The number of benzene rings is 2. The molecule has 0 aromatic heterocycles. The molecule has 4 fully saturated rings. The van der Waals surface area contributed by atoms with Crippen LogP contribution in [0.15, 0.2) is 60.7 Å². The molecule has 0 spiro atoms. The highest BCUT2D eigenvalue weighted by Crippen LogP contribution is 2.43. The van der Waals surface area contributed by atoms with Crippen LogP contribution in [0, 0.1) is 11.8 Å². The number of nitrogens with zero attached hydrogens (tertiary/aromatic N) is 2. The molecule has 6 rings (SSSR count). The Kier molecular flexibility index (Phi) is 17.0. The molecule has 2 aliphatic heterocycles. The van der Waals surface area contributed by atoms with Crippen LogP contribution in [0.2, 0.25) is 0 Å². The van der Waals surface area contributed by atoms with Gasteiger partial charge in [0.2, 0.25) is 0 Å². The van der Waals surface area contributed by atoms with Crippen LogP contribution in [0.3, 0.4) is 0 Å². The molecule has 2 saturated heterocycles. The molecular formula is C40H60Cl2N2O6. The van der Waals surface area contributed by atoms with Crippen LogP contribution in [0.5, 0.6) is 0 Å². The molecule has 2 saturated carbocycles. The summed E-state index contributed by atoms with van der Waals surface area (Å²) in [7, 11) is 0. The highest BCUT2D eigenvalue weighted by molar-refractivity contribution is 5.85. The highest BCUT2D eigenvalue weighted by atomic mass is 35.5. The summed E-state index contributed by atoms with van der Waals surface area (Å²) in [6.07, 6.45) is 12.2. The van der Waals surface area contributed by atoms with E-state index in [0.29, 0.717) is 36.4 Å². The number of esters is 2. The normalized spacial score (nSPS) is 23.8. The standard InChI is InChI=1S/2C20H29NO3.2ClH/c2*1-2-21-14-8-13-18(21)15-24-19(22)20(23,17-11-6-7-12-17)16-9-4-3-5-10-16;;/h2*3-5,9-10,17-18,23H,2,6-8,11-15H2,1H3;2*1H. The van der Waals surface area contributed by atoms with E-state index in [2.05, 4.69) is 23.6 Å². The zero-order valence-electron chi connectivity index (χ0n) is 30.0. The lowest BCUT2D eigenvalue weighted by molar-refractivity contribution is -0.175. The summed E-state index contributed by atoms with van der Waals surface area (Å²) >= 11 is 0. The van der Waals surface area contributed by atoms with Gasteiger partial charge in [0.25, 0.3) is 0 Å². The topological polar surface area (TPSA) is 99.5 Å². The van der Waals surface area contributed by atoms with Crippen LogP contribution in [-0.4, -0.2) is 83.4 Å². The Balaban J connectivity index is 0.000000260. The fourth-order valence-electron chi connectivity index (χ4n) is 8.68. The molecule has 2 aromatic carbocycles. The predicted molar refractivity (Wildman–Crippen MR) is 202 cm³/mol. The van der Waals surface area contributed by atoms with Gasteiger partial charge in [-0.2, -0.15) is 0 Å². The molecule has 2 aromatic rings. The number of likely N-dealkylation sites (tertiary alicyclic amines) is 2. The molecule has 10 heteroatoms. The fourth-order valence-corrected chi connectivity index (χ4v) is 8.68. The smallest absolute Gasteiger partial charge is 0.343 e. The molecule has 0 amide bonds. The molecule has 0 radical (unpaired) electrons. The van der Waals surface area contributed by atoms with Crippen LogP contribution in [0.25, 0.3) is 0 Å². The summed E-state index contributed by atoms with van der Waals surface area (Å²) in [6.45, 7) is 9.15. The highest BCUT2D eigenvalue weighted by Gasteiger charge is 2.49. The van der Waals surface area contributed by atoms with Gasteiger partial charge < -0.3 is 19.7 Å². The van der Waals surface area contributed by atoms with Gasteiger partial charge in [-0.25, -0.2) is 9.59 Å². The first-order valence-corrected chi connectivity index (χ1v) is 18.7. The van der Waals surface area contributed by atoms with Crippen molar-refractivity contribution in [3.63, 3.8) is 0 Å². The van der Waals surface area contributed by atoms with E-state index in [0.717, 1.165) is 103 Å². The van der Waals surface area contributed by atoms with Crippen LogP contribution < -0.4 is 0 Å². The maximum atomic E-state index is 12.9. The van der Waals surface area contributed by atoms with Gasteiger partial charge in [-0.15, -0.1) is 24.8 Å². The number of aliphatic hydroxyl groups is 2. The van der Waals surface area contributed by atoms with Gasteiger partial charge >= 0.3 is 11.9 Å². The van der Waals surface area contributed by atoms with Crippen molar-refractivity contribution in [2.45, 2.75) is 114 Å². The summed E-state index contributed by atoms with van der Waals surface area (Å²) in [5.41, 5.74) is -1.68. The van der Waals surface area contributed by atoms with E-state index in [9.17, 15) is 19.8 Å². The van der Waals surface area contributed by atoms with E-state index in [1.165, 1.54) is 0 Å². The van der Waals surface area contributed by atoms with Crippen molar-refractivity contribution < 1.29 is 29.3 Å². The van der Waals surface area contributed by atoms with Gasteiger partial charge in [-0.1, -0.05) is 100 Å². The van der Waals surface area contributed by atoms with Crippen LogP contribution >= 0.6 is 24.8 Å². The van der Waals surface area contributed by atoms with E-state index >= 15 is 0 Å². The summed E-state index contributed by atoms with van der Waals surface area (Å²) in [6, 6.07) is 19.3. The first-order valence-electron chi connectivity index (χ1n) is 18.7. The van der Waals surface area contributed by atoms with Crippen molar-refractivity contribution in [2.75, 3.05) is 39.4 Å². The number of carbonyl (C=O) groups excluding carboxylic acids is 2. The SMILES string of the molecule is CCN1CCCC1COC(=O)C(O)(c1ccccc1)C1CCCC1.CCN1CCCC1COC(=O)C(O)(c1ccccc1)C1CCCC1.Cl.Cl. The molecule has 2 N–H and O–H groups in total. The summed E-state index contributed by atoms with van der Waals surface area (Å²) < 4.78 is 11.3. The first kappa shape index (κ1) is 42.2. The summed E-state index contributed by atoms with van der Waals surface area (Å²) in [5, 5.41) is 22.7. The second-order valence-electron chi connectivity index (χ2n) is 14.3. The van der Waals surface area contributed by atoms with Crippen molar-refractivity contribution in [3.8, 4) is 0 Å². The molecule has 4 atom stereocenters. The Morgan fingerprint density at radius 2 is 0.940 bits per heavy atom. The maximum Gasteiger partial charge on any atom is 0.343 e. The number of rotatable bonds is 12. The van der Waals surface area contributed by atoms with Gasteiger partial charge in [0, 0.05) is 23.9 Å². The predicted octanol–water partition coefficient (Wildman–Crippen LogP) is 7.03. The van der Waals surface area contributed by atoms with Crippen molar-refractivity contribution in [1.82, 2.24) is 9.80 Å². The van der Waals surface area contributed by atoms with Gasteiger partial charge in [0.15, 0.2) is 11.2 Å². The molecule has 8 nitrogen and oxygen atoms in total. The fraction of sp³-hybridized carbons (Fsp3) is 0.650. The first-order chi connectivity index (χ1) is 23.3. The zero-order chi connectivity index (χ0) is 34.0. The Hall–Kier alpha value is -2.20. The van der Waals surface area contributed by atoms with E-state index < -0.39 is 23.1 Å². The van der Waals surface area contributed by atoms with E-state index in [-0.39, 0.29) is 36.6 Å². The van der Waals surface area contributed by atoms with Gasteiger partial charge in [-0.3, -0.25) is 9.80 Å². The third-order valence-corrected chi connectivity index (χ3v) is 11.6. The van der Waals surface area contributed by atoms with Gasteiger partial charge in [-0.05, 0) is 88.7 Å². The van der Waals surface area contributed by atoms with E-state index in [4.69, 9.17) is 9.47 Å². The lowest BCUT2D eigenvalue weighted by Gasteiger charge is -2.33.